The van der Waals surface area contributed by atoms with Crippen molar-refractivity contribution in [3.8, 4) is 21.7 Å². The monoisotopic (exact) mass is 618 g/mol. The molecule has 0 fully saturated rings. The topological polar surface area (TPSA) is 112 Å². The van der Waals surface area contributed by atoms with Gasteiger partial charge in [0.15, 0.2) is 5.03 Å². The number of hydrogen-bond donors (Lipinski definition) is 2. The minimum absolute atomic E-state index is 0.141. The van der Waals surface area contributed by atoms with Crippen molar-refractivity contribution in [2.75, 3.05) is 22.7 Å². The number of aromatic nitrogens is 2. The molecule has 0 unspecified atom stereocenters. The first kappa shape index (κ1) is 30.7. The Kier molecular flexibility index (Phi) is 9.46. The summed E-state index contributed by atoms with van der Waals surface area (Å²) in [4.78, 5) is 24.7. The molecule has 2 N–H and O–H groups in total. The average Bonchev–Trinajstić information content (AvgIpc) is 3.53. The normalized spacial score (nSPS) is 16.7. The number of carbonyl (C=O) groups is 1. The molecule has 8 nitrogen and oxygen atoms in total. The molecular formula is C33H38N4O4S2. The van der Waals surface area contributed by atoms with Crippen LogP contribution in [0.3, 0.4) is 0 Å². The second kappa shape index (κ2) is 13.3. The lowest BCUT2D eigenvalue weighted by Gasteiger charge is -2.33. The highest BCUT2D eigenvalue weighted by Crippen LogP contribution is 2.37. The molecule has 1 aliphatic heterocycles. The van der Waals surface area contributed by atoms with Gasteiger partial charge in [-0.15, -0.1) is 11.3 Å². The molecule has 0 saturated carbocycles. The van der Waals surface area contributed by atoms with Crippen LogP contribution in [0.15, 0.2) is 77.1 Å². The van der Waals surface area contributed by atoms with Gasteiger partial charge in [0.05, 0.1) is 11.1 Å². The number of aryl methyl sites for hydroxylation is 1. The summed E-state index contributed by atoms with van der Waals surface area (Å²) in [6.45, 7) is 4.55. The fraction of sp³-hybridized carbons (Fsp3) is 0.364. The molecule has 10 heteroatoms. The Bertz CT molecular complexity index is 1670. The first-order valence-corrected chi connectivity index (χ1v) is 17.2. The number of sulfonamides is 1. The van der Waals surface area contributed by atoms with E-state index < -0.39 is 21.4 Å². The van der Waals surface area contributed by atoms with Crippen molar-refractivity contribution in [2.24, 2.45) is 5.41 Å². The fourth-order valence-electron chi connectivity index (χ4n) is 5.71. The average molecular weight is 619 g/mol. The molecule has 0 radical (unpaired) electrons. The SMILES string of the molecule is CCC[C@@](C)(CN1CCCCCCc2ccccc2-c2nc(ccc2-c2cccs2)NS(=O)(=O)c2cccc1n2)C(=O)O. The first-order valence-electron chi connectivity index (χ1n) is 14.8. The molecule has 4 bridgehead atoms. The highest BCUT2D eigenvalue weighted by atomic mass is 32.2. The quantitative estimate of drug-likeness (QED) is 0.230. The number of aliphatic carboxylic acids is 1. The minimum Gasteiger partial charge on any atom is -0.481 e. The molecule has 1 aromatic carbocycles. The lowest BCUT2D eigenvalue weighted by Crippen LogP contribution is -2.42. The zero-order valence-corrected chi connectivity index (χ0v) is 26.3. The summed E-state index contributed by atoms with van der Waals surface area (Å²) in [5.74, 6) is -0.209. The van der Waals surface area contributed by atoms with Crippen molar-refractivity contribution in [1.82, 2.24) is 9.97 Å². The highest BCUT2D eigenvalue weighted by molar-refractivity contribution is 7.92. The second-order valence-electron chi connectivity index (χ2n) is 11.4. The standard InChI is InChI=1S/C33H38N4O4S2/c1-3-20-33(2,32(38)39)23-37-21-9-5-4-6-12-24-13-7-8-14-25(24)31-26(27-15-11-22-42-27)18-19-28(34-31)36-43(40,41)30-17-10-16-29(37)35-30/h7-8,10-11,13-19,22H,3-6,9,12,20-21,23H2,1-2H3,(H,34,36)(H,38,39)/t33-/m0/s1. The van der Waals surface area contributed by atoms with Crippen LogP contribution in [0.1, 0.15) is 57.9 Å². The number of carboxylic acids is 1. The Morgan fingerprint density at radius 3 is 2.56 bits per heavy atom. The third-order valence-electron chi connectivity index (χ3n) is 7.98. The number of hydrogen-bond acceptors (Lipinski definition) is 7. The minimum atomic E-state index is -4.09. The van der Waals surface area contributed by atoms with Crippen LogP contribution >= 0.6 is 11.3 Å². The number of nitrogens with one attached hydrogen (secondary N) is 1. The Hall–Kier alpha value is -3.76. The number of thiophene rings is 1. The molecule has 226 valence electrons. The lowest BCUT2D eigenvalue weighted by atomic mass is 9.85. The van der Waals surface area contributed by atoms with Crippen molar-refractivity contribution in [2.45, 2.75) is 63.8 Å². The summed E-state index contributed by atoms with van der Waals surface area (Å²) in [5.41, 5.74) is 2.86. The van der Waals surface area contributed by atoms with E-state index >= 15 is 0 Å². The van der Waals surface area contributed by atoms with Gasteiger partial charge in [0.25, 0.3) is 10.0 Å². The molecule has 43 heavy (non-hydrogen) atoms. The van der Waals surface area contributed by atoms with Gasteiger partial charge in [0.1, 0.15) is 11.6 Å². The Morgan fingerprint density at radius 2 is 1.79 bits per heavy atom. The molecule has 1 atom stereocenters. The van der Waals surface area contributed by atoms with Gasteiger partial charge in [-0.25, -0.2) is 9.97 Å². The van der Waals surface area contributed by atoms with E-state index in [-0.39, 0.29) is 17.4 Å². The Labute approximate surface area is 257 Å². The van der Waals surface area contributed by atoms with Gasteiger partial charge in [0.2, 0.25) is 0 Å². The van der Waals surface area contributed by atoms with E-state index in [4.69, 9.17) is 4.98 Å². The fourth-order valence-corrected chi connectivity index (χ4v) is 7.43. The van der Waals surface area contributed by atoms with Crippen molar-refractivity contribution < 1.29 is 18.3 Å². The number of nitrogens with zero attached hydrogens (tertiary/aromatic N) is 3. The molecule has 0 aliphatic carbocycles. The molecule has 4 heterocycles. The van der Waals surface area contributed by atoms with Crippen molar-refractivity contribution in [1.29, 1.82) is 0 Å². The van der Waals surface area contributed by atoms with E-state index in [1.54, 1.807) is 36.5 Å². The summed E-state index contributed by atoms with van der Waals surface area (Å²) < 4.78 is 30.0. The summed E-state index contributed by atoms with van der Waals surface area (Å²) in [7, 11) is -4.09. The van der Waals surface area contributed by atoms with Gasteiger partial charge >= 0.3 is 5.97 Å². The summed E-state index contributed by atoms with van der Waals surface area (Å²) in [6.07, 6.45) is 5.92. The maximum absolute atomic E-state index is 13.7. The maximum atomic E-state index is 13.7. The van der Waals surface area contributed by atoms with Crippen molar-refractivity contribution >= 4 is 39.0 Å². The molecule has 5 rings (SSSR count). The predicted octanol–water partition coefficient (Wildman–Crippen LogP) is 7.49. The van der Waals surface area contributed by atoms with Crippen LogP contribution in [0.2, 0.25) is 0 Å². The maximum Gasteiger partial charge on any atom is 0.311 e. The number of pyridine rings is 2. The van der Waals surface area contributed by atoms with E-state index in [1.807, 2.05) is 47.5 Å². The van der Waals surface area contributed by atoms with E-state index in [0.29, 0.717) is 18.8 Å². The van der Waals surface area contributed by atoms with Crippen LogP contribution < -0.4 is 9.62 Å². The van der Waals surface area contributed by atoms with Gasteiger partial charge in [-0.05, 0) is 73.9 Å². The zero-order chi connectivity index (χ0) is 30.5. The molecule has 4 aromatic rings. The van der Waals surface area contributed by atoms with E-state index in [0.717, 1.165) is 60.2 Å². The van der Waals surface area contributed by atoms with Gasteiger partial charge in [-0.1, -0.05) is 62.6 Å². The lowest BCUT2D eigenvalue weighted by molar-refractivity contribution is -0.147. The van der Waals surface area contributed by atoms with Gasteiger partial charge in [-0.2, -0.15) is 8.42 Å². The smallest absolute Gasteiger partial charge is 0.311 e. The van der Waals surface area contributed by atoms with Crippen molar-refractivity contribution in [3.05, 3.63) is 77.7 Å². The number of anilines is 2. The van der Waals surface area contributed by atoms with Gasteiger partial charge in [-0.3, -0.25) is 9.52 Å². The number of carboxylic acid groups (broad SMARTS) is 1. The number of rotatable bonds is 6. The molecule has 0 spiro atoms. The van der Waals surface area contributed by atoms with Gasteiger partial charge < -0.3 is 10.0 Å². The van der Waals surface area contributed by atoms with Crippen LogP contribution in [0.5, 0.6) is 0 Å². The van der Waals surface area contributed by atoms with Crippen LogP contribution in [0, 0.1) is 5.41 Å². The van der Waals surface area contributed by atoms with E-state index in [2.05, 4.69) is 21.8 Å². The van der Waals surface area contributed by atoms with Crippen molar-refractivity contribution in [3.63, 3.8) is 0 Å². The molecule has 3 aromatic heterocycles. The Morgan fingerprint density at radius 1 is 0.977 bits per heavy atom. The van der Waals surface area contributed by atoms with E-state index in [1.165, 1.54) is 11.6 Å². The van der Waals surface area contributed by atoms with Gasteiger partial charge in [0, 0.05) is 29.1 Å². The number of benzene rings is 1. The molecule has 0 amide bonds. The van der Waals surface area contributed by atoms with Crippen LogP contribution in [0.25, 0.3) is 21.7 Å². The summed E-state index contributed by atoms with van der Waals surface area (Å²) >= 11 is 1.62. The Balaban J connectivity index is 1.58. The van der Waals surface area contributed by atoms with Crippen LogP contribution in [-0.4, -0.2) is 42.6 Å². The molecular weight excluding hydrogens is 581 g/mol. The summed E-state index contributed by atoms with van der Waals surface area (Å²) in [5, 5.41) is 12.0. The third-order valence-corrected chi connectivity index (χ3v) is 10.1. The third kappa shape index (κ3) is 7.08. The number of fused-ring (bicyclic) bond motifs is 6. The van der Waals surface area contributed by atoms with E-state index in [9.17, 15) is 18.3 Å². The highest BCUT2D eigenvalue weighted by Gasteiger charge is 2.35. The van der Waals surface area contributed by atoms with Crippen LogP contribution in [-0.2, 0) is 21.2 Å². The second-order valence-corrected chi connectivity index (χ2v) is 13.9. The largest absolute Gasteiger partial charge is 0.481 e. The zero-order valence-electron chi connectivity index (χ0n) is 24.6. The summed E-state index contributed by atoms with van der Waals surface area (Å²) in [6, 6.07) is 20.7. The first-order chi connectivity index (χ1) is 20.7. The molecule has 0 saturated heterocycles. The predicted molar refractivity (Wildman–Crippen MR) is 173 cm³/mol. The molecule has 1 aliphatic rings. The van der Waals surface area contributed by atoms with Crippen LogP contribution in [0.4, 0.5) is 11.6 Å².